The summed E-state index contributed by atoms with van der Waals surface area (Å²) in [5, 5.41) is 3.49. The Labute approximate surface area is 199 Å². The second-order valence-corrected chi connectivity index (χ2v) is 8.95. The van der Waals surface area contributed by atoms with E-state index in [9.17, 15) is 14.4 Å². The number of halogens is 1. The van der Waals surface area contributed by atoms with Crippen molar-refractivity contribution >= 4 is 29.3 Å². The maximum Gasteiger partial charge on any atom is 0.260 e. The molecule has 0 radical (unpaired) electrons. The van der Waals surface area contributed by atoms with Crippen LogP contribution in [0.15, 0.2) is 48.5 Å². The summed E-state index contributed by atoms with van der Waals surface area (Å²) in [6.07, 6.45) is 0. The van der Waals surface area contributed by atoms with Gasteiger partial charge < -0.3 is 19.9 Å². The van der Waals surface area contributed by atoms with Gasteiger partial charge in [0.1, 0.15) is 11.8 Å². The smallest absolute Gasteiger partial charge is 0.260 e. The second-order valence-electron chi connectivity index (χ2n) is 8.51. The molecule has 1 aliphatic rings. The highest BCUT2D eigenvalue weighted by Gasteiger charge is 2.32. The van der Waals surface area contributed by atoms with Gasteiger partial charge in [-0.3, -0.25) is 14.4 Å². The van der Waals surface area contributed by atoms with E-state index in [0.29, 0.717) is 42.5 Å². The minimum absolute atomic E-state index is 0.0701. The van der Waals surface area contributed by atoms with E-state index in [2.05, 4.69) is 5.32 Å². The van der Waals surface area contributed by atoms with E-state index in [1.54, 1.807) is 46.2 Å². The number of carbonyl (C=O) groups is 3. The lowest BCUT2D eigenvalue weighted by atomic mass is 10.0. The third kappa shape index (κ3) is 6.71. The van der Waals surface area contributed by atoms with Crippen LogP contribution in [0.3, 0.4) is 0 Å². The van der Waals surface area contributed by atoms with E-state index in [1.807, 2.05) is 32.9 Å². The van der Waals surface area contributed by atoms with Crippen molar-refractivity contribution in [3.8, 4) is 5.75 Å². The van der Waals surface area contributed by atoms with Gasteiger partial charge in [-0.25, -0.2) is 0 Å². The molecule has 1 atom stereocenters. The Hall–Kier alpha value is -3.06. The van der Waals surface area contributed by atoms with E-state index in [1.165, 1.54) is 0 Å². The number of rotatable bonds is 7. The van der Waals surface area contributed by atoms with Crippen LogP contribution < -0.4 is 10.1 Å². The molecule has 2 aromatic rings. The van der Waals surface area contributed by atoms with Crippen LogP contribution in [-0.2, 0) is 9.59 Å². The molecule has 1 saturated heterocycles. The number of nitrogens with zero attached hydrogens (tertiary/aromatic N) is 2. The van der Waals surface area contributed by atoms with Crippen molar-refractivity contribution in [3.05, 3.63) is 64.7 Å². The van der Waals surface area contributed by atoms with Gasteiger partial charge >= 0.3 is 0 Å². The van der Waals surface area contributed by atoms with Crippen LogP contribution in [-0.4, -0.2) is 66.3 Å². The standard InChI is InChI=1S/C25H30ClN3O4/c1-17(2)23(27-24(31)19-6-4-18(3)5-7-19)25(32)29-14-12-28(13-15-29)22(30)16-33-21-10-8-20(26)9-11-21/h4-11,17,23H,12-16H2,1-3H3,(H,27,31). The molecule has 1 N–H and O–H groups in total. The number of aryl methyl sites for hydroxylation is 1. The summed E-state index contributed by atoms with van der Waals surface area (Å²) in [7, 11) is 0. The molecule has 3 rings (SSSR count). The molecule has 1 fully saturated rings. The minimum atomic E-state index is -0.630. The monoisotopic (exact) mass is 471 g/mol. The van der Waals surface area contributed by atoms with Gasteiger partial charge in [-0.05, 0) is 49.2 Å². The van der Waals surface area contributed by atoms with E-state index >= 15 is 0 Å². The number of amides is 3. The van der Waals surface area contributed by atoms with Gasteiger partial charge in [0.2, 0.25) is 5.91 Å². The van der Waals surface area contributed by atoms with Crippen LogP contribution in [0.25, 0.3) is 0 Å². The Morgan fingerprint density at radius 3 is 2.09 bits per heavy atom. The van der Waals surface area contributed by atoms with Crippen molar-refractivity contribution < 1.29 is 19.1 Å². The van der Waals surface area contributed by atoms with Crippen molar-refractivity contribution in [3.63, 3.8) is 0 Å². The lowest BCUT2D eigenvalue weighted by molar-refractivity contribution is -0.142. The highest BCUT2D eigenvalue weighted by atomic mass is 35.5. The molecule has 3 amide bonds. The van der Waals surface area contributed by atoms with Crippen LogP contribution >= 0.6 is 11.6 Å². The third-order valence-corrected chi connectivity index (χ3v) is 5.91. The summed E-state index contributed by atoms with van der Waals surface area (Å²) in [5.41, 5.74) is 1.59. The predicted molar refractivity (Wildman–Crippen MR) is 127 cm³/mol. The van der Waals surface area contributed by atoms with Crippen LogP contribution in [0, 0.1) is 12.8 Å². The first kappa shape index (κ1) is 24.6. The Balaban J connectivity index is 1.51. The molecule has 1 heterocycles. The fraction of sp³-hybridized carbons (Fsp3) is 0.400. The Morgan fingerprint density at radius 2 is 1.52 bits per heavy atom. The fourth-order valence-corrected chi connectivity index (χ4v) is 3.71. The summed E-state index contributed by atoms with van der Waals surface area (Å²) in [6, 6.07) is 13.4. The molecule has 2 aromatic carbocycles. The second kappa shape index (κ2) is 11.2. The van der Waals surface area contributed by atoms with Crippen LogP contribution in [0.1, 0.15) is 29.8 Å². The van der Waals surface area contributed by atoms with Gasteiger partial charge in [-0.2, -0.15) is 0 Å². The van der Waals surface area contributed by atoms with Gasteiger partial charge in [-0.1, -0.05) is 43.1 Å². The van der Waals surface area contributed by atoms with Crippen LogP contribution in [0.2, 0.25) is 5.02 Å². The Morgan fingerprint density at radius 1 is 0.939 bits per heavy atom. The van der Waals surface area contributed by atoms with Crippen molar-refractivity contribution in [2.75, 3.05) is 32.8 Å². The normalized spacial score (nSPS) is 14.7. The average molecular weight is 472 g/mol. The number of ether oxygens (including phenoxy) is 1. The molecule has 0 bridgehead atoms. The van der Waals surface area contributed by atoms with Gasteiger partial charge in [-0.15, -0.1) is 0 Å². The highest BCUT2D eigenvalue weighted by molar-refractivity contribution is 6.30. The average Bonchev–Trinajstić information content (AvgIpc) is 2.81. The molecule has 1 unspecified atom stereocenters. The fourth-order valence-electron chi connectivity index (χ4n) is 3.58. The maximum absolute atomic E-state index is 13.1. The molecule has 0 saturated carbocycles. The van der Waals surface area contributed by atoms with Crippen molar-refractivity contribution in [1.29, 1.82) is 0 Å². The Kier molecular flexibility index (Phi) is 8.33. The summed E-state index contributed by atoms with van der Waals surface area (Å²) in [6.45, 7) is 7.37. The largest absolute Gasteiger partial charge is 0.484 e. The van der Waals surface area contributed by atoms with Crippen molar-refractivity contribution in [1.82, 2.24) is 15.1 Å². The summed E-state index contributed by atoms with van der Waals surface area (Å²) in [4.78, 5) is 41.7. The maximum atomic E-state index is 13.1. The molecule has 1 aliphatic heterocycles. The first-order valence-corrected chi connectivity index (χ1v) is 11.4. The van der Waals surface area contributed by atoms with Crippen molar-refractivity contribution in [2.45, 2.75) is 26.8 Å². The predicted octanol–water partition coefficient (Wildman–Crippen LogP) is 3.15. The van der Waals surface area contributed by atoms with Crippen LogP contribution in [0.5, 0.6) is 5.75 Å². The number of piperazine rings is 1. The zero-order valence-electron chi connectivity index (χ0n) is 19.2. The van der Waals surface area contributed by atoms with E-state index in [0.717, 1.165) is 5.56 Å². The van der Waals surface area contributed by atoms with E-state index in [-0.39, 0.29) is 30.2 Å². The molecule has 8 heteroatoms. The van der Waals surface area contributed by atoms with Gasteiger partial charge in [0.15, 0.2) is 6.61 Å². The summed E-state index contributed by atoms with van der Waals surface area (Å²) in [5.74, 6) is -0.0275. The SMILES string of the molecule is Cc1ccc(C(=O)NC(C(=O)N2CCN(C(=O)COc3ccc(Cl)cc3)CC2)C(C)C)cc1. The molecular formula is C25H30ClN3O4. The number of benzene rings is 2. The zero-order chi connectivity index (χ0) is 24.0. The molecule has 33 heavy (non-hydrogen) atoms. The van der Waals surface area contributed by atoms with Gasteiger partial charge in [0.25, 0.3) is 11.8 Å². The minimum Gasteiger partial charge on any atom is -0.484 e. The zero-order valence-corrected chi connectivity index (χ0v) is 20.0. The van der Waals surface area contributed by atoms with Crippen LogP contribution in [0.4, 0.5) is 0 Å². The first-order chi connectivity index (χ1) is 15.7. The van der Waals surface area contributed by atoms with Gasteiger partial charge in [0.05, 0.1) is 0 Å². The molecule has 0 aromatic heterocycles. The number of carbonyl (C=O) groups excluding carboxylic acids is 3. The van der Waals surface area contributed by atoms with Gasteiger partial charge in [0, 0.05) is 36.8 Å². The van der Waals surface area contributed by atoms with E-state index < -0.39 is 6.04 Å². The van der Waals surface area contributed by atoms with E-state index in [4.69, 9.17) is 16.3 Å². The quantitative estimate of drug-likeness (QED) is 0.672. The molecular weight excluding hydrogens is 442 g/mol. The lowest BCUT2D eigenvalue weighted by Crippen LogP contribution is -2.57. The Bertz CT molecular complexity index is 968. The number of nitrogens with one attached hydrogen (secondary N) is 1. The summed E-state index contributed by atoms with van der Waals surface area (Å²) >= 11 is 5.86. The molecule has 176 valence electrons. The third-order valence-electron chi connectivity index (χ3n) is 5.65. The highest BCUT2D eigenvalue weighted by Crippen LogP contribution is 2.16. The molecule has 7 nitrogen and oxygen atoms in total. The van der Waals surface area contributed by atoms with Crippen molar-refractivity contribution in [2.24, 2.45) is 5.92 Å². The number of hydrogen-bond acceptors (Lipinski definition) is 4. The molecule has 0 aliphatic carbocycles. The first-order valence-electron chi connectivity index (χ1n) is 11.1. The lowest BCUT2D eigenvalue weighted by Gasteiger charge is -2.37. The molecule has 0 spiro atoms. The number of hydrogen-bond donors (Lipinski definition) is 1. The topological polar surface area (TPSA) is 79.0 Å². The summed E-state index contributed by atoms with van der Waals surface area (Å²) < 4.78 is 5.54.